The molecule has 1 aromatic heterocycles. The number of aromatic nitrogens is 2. The number of aryl methyl sites for hydroxylation is 1. The van der Waals surface area contributed by atoms with Gasteiger partial charge < -0.3 is 19.9 Å². The lowest BCUT2D eigenvalue weighted by Gasteiger charge is -2.24. The number of carbonyl (C=O) groups excluding carboxylic acids is 1. The molecule has 7 nitrogen and oxygen atoms in total. The predicted molar refractivity (Wildman–Crippen MR) is 116 cm³/mol. The molecule has 0 aliphatic heterocycles. The Kier molecular flexibility index (Phi) is 7.43. The number of carbonyl (C=O) groups is 1. The van der Waals surface area contributed by atoms with Crippen molar-refractivity contribution in [2.75, 3.05) is 19.0 Å². The molecular formula is C23H28N4O3. The number of amides is 1. The molecule has 3 aromatic rings. The molecule has 0 aliphatic rings. The van der Waals surface area contributed by atoms with Crippen LogP contribution in [0.5, 0.6) is 5.75 Å². The highest BCUT2D eigenvalue weighted by atomic mass is 16.5. The minimum atomic E-state index is -0.0419. The second kappa shape index (κ2) is 10.4. The highest BCUT2D eigenvalue weighted by Gasteiger charge is 2.15. The highest BCUT2D eigenvalue weighted by Crippen LogP contribution is 2.20. The number of anilines is 1. The standard InChI is InChI=1S/C23H28N4O3/c1-16(2)20(25-18-7-5-4-6-8-18)15-24-21(28)13-14-22-26-23(27-30-22)17-9-11-19(29-3)12-10-17/h4-12,16,20,25H,13-15H2,1-3H3,(H,24,28). The average molecular weight is 409 g/mol. The summed E-state index contributed by atoms with van der Waals surface area (Å²) < 4.78 is 10.4. The van der Waals surface area contributed by atoms with Gasteiger partial charge in [0.05, 0.1) is 7.11 Å². The maximum Gasteiger partial charge on any atom is 0.227 e. The van der Waals surface area contributed by atoms with Crippen molar-refractivity contribution in [1.82, 2.24) is 15.5 Å². The van der Waals surface area contributed by atoms with Crippen LogP contribution in [0.15, 0.2) is 59.1 Å². The summed E-state index contributed by atoms with van der Waals surface area (Å²) >= 11 is 0. The van der Waals surface area contributed by atoms with Crippen molar-refractivity contribution in [3.8, 4) is 17.1 Å². The second-order valence-corrected chi connectivity index (χ2v) is 7.41. The van der Waals surface area contributed by atoms with Crippen molar-refractivity contribution < 1.29 is 14.1 Å². The van der Waals surface area contributed by atoms with E-state index in [4.69, 9.17) is 9.26 Å². The van der Waals surface area contributed by atoms with E-state index in [2.05, 4.69) is 34.6 Å². The molecule has 3 rings (SSSR count). The molecule has 0 saturated heterocycles. The lowest BCUT2D eigenvalue weighted by Crippen LogP contribution is -2.39. The molecule has 2 aromatic carbocycles. The highest BCUT2D eigenvalue weighted by molar-refractivity contribution is 5.76. The number of nitrogens with zero attached hydrogens (tertiary/aromatic N) is 2. The van der Waals surface area contributed by atoms with Gasteiger partial charge in [-0.15, -0.1) is 0 Å². The molecule has 1 amide bonds. The van der Waals surface area contributed by atoms with E-state index in [-0.39, 0.29) is 11.9 Å². The van der Waals surface area contributed by atoms with E-state index in [1.54, 1.807) is 7.11 Å². The quantitative estimate of drug-likeness (QED) is 0.528. The summed E-state index contributed by atoms with van der Waals surface area (Å²) in [6, 6.07) is 17.6. The van der Waals surface area contributed by atoms with Crippen molar-refractivity contribution in [3.63, 3.8) is 0 Å². The lowest BCUT2D eigenvalue weighted by molar-refractivity contribution is -0.121. The normalized spacial score (nSPS) is 11.9. The van der Waals surface area contributed by atoms with Gasteiger partial charge in [0.2, 0.25) is 17.6 Å². The molecule has 0 spiro atoms. The van der Waals surface area contributed by atoms with Crippen molar-refractivity contribution in [2.24, 2.45) is 5.92 Å². The number of methoxy groups -OCH3 is 1. The van der Waals surface area contributed by atoms with E-state index in [9.17, 15) is 4.79 Å². The summed E-state index contributed by atoms with van der Waals surface area (Å²) in [6.07, 6.45) is 0.688. The fourth-order valence-electron chi connectivity index (χ4n) is 2.95. The fraction of sp³-hybridized carbons (Fsp3) is 0.348. The van der Waals surface area contributed by atoms with Crippen LogP contribution in [0.1, 0.15) is 26.2 Å². The van der Waals surface area contributed by atoms with Crippen molar-refractivity contribution in [1.29, 1.82) is 0 Å². The Morgan fingerprint density at radius 1 is 1.10 bits per heavy atom. The molecule has 0 bridgehead atoms. The summed E-state index contributed by atoms with van der Waals surface area (Å²) in [5.74, 6) is 2.03. The van der Waals surface area contributed by atoms with Crippen LogP contribution in [0.4, 0.5) is 5.69 Å². The summed E-state index contributed by atoms with van der Waals surface area (Å²) in [6.45, 7) is 4.81. The topological polar surface area (TPSA) is 89.3 Å². The van der Waals surface area contributed by atoms with Crippen LogP contribution in [0.25, 0.3) is 11.4 Å². The molecule has 0 fully saturated rings. The molecule has 1 atom stereocenters. The van der Waals surface area contributed by atoms with Crippen molar-refractivity contribution in [3.05, 3.63) is 60.5 Å². The van der Waals surface area contributed by atoms with Crippen LogP contribution >= 0.6 is 0 Å². The summed E-state index contributed by atoms with van der Waals surface area (Å²) in [4.78, 5) is 16.7. The van der Waals surface area contributed by atoms with Crippen LogP contribution < -0.4 is 15.4 Å². The minimum absolute atomic E-state index is 0.0419. The molecule has 0 aliphatic carbocycles. The molecule has 0 saturated carbocycles. The zero-order valence-corrected chi connectivity index (χ0v) is 17.6. The molecule has 0 radical (unpaired) electrons. The molecule has 30 heavy (non-hydrogen) atoms. The van der Waals surface area contributed by atoms with Gasteiger partial charge in [0.1, 0.15) is 5.75 Å². The first kappa shape index (κ1) is 21.4. The summed E-state index contributed by atoms with van der Waals surface area (Å²) in [5.41, 5.74) is 1.88. The van der Waals surface area contributed by atoms with Crippen molar-refractivity contribution >= 4 is 11.6 Å². The van der Waals surface area contributed by atoms with Gasteiger partial charge in [-0.05, 0) is 42.3 Å². The van der Waals surface area contributed by atoms with Crippen LogP contribution in [0, 0.1) is 5.92 Å². The zero-order chi connectivity index (χ0) is 21.3. The number of hydrogen-bond donors (Lipinski definition) is 2. The first-order chi connectivity index (χ1) is 14.5. The number of hydrogen-bond acceptors (Lipinski definition) is 6. The monoisotopic (exact) mass is 408 g/mol. The predicted octanol–water partition coefficient (Wildman–Crippen LogP) is 3.93. The fourth-order valence-corrected chi connectivity index (χ4v) is 2.95. The van der Waals surface area contributed by atoms with E-state index >= 15 is 0 Å². The summed E-state index contributed by atoms with van der Waals surface area (Å²) in [5, 5.41) is 10.5. The van der Waals surface area contributed by atoms with Gasteiger partial charge in [-0.3, -0.25) is 4.79 Å². The number of nitrogens with one attached hydrogen (secondary N) is 2. The Labute approximate surface area is 176 Å². The number of rotatable bonds is 10. The van der Waals surface area contributed by atoms with Gasteiger partial charge >= 0.3 is 0 Å². The van der Waals surface area contributed by atoms with E-state index in [1.807, 2.05) is 54.6 Å². The Balaban J connectivity index is 1.47. The Morgan fingerprint density at radius 3 is 2.50 bits per heavy atom. The third-order valence-corrected chi connectivity index (χ3v) is 4.83. The van der Waals surface area contributed by atoms with Gasteiger partial charge in [0, 0.05) is 36.7 Å². The Bertz CT molecular complexity index is 923. The van der Waals surface area contributed by atoms with Gasteiger partial charge in [-0.1, -0.05) is 37.2 Å². The van der Waals surface area contributed by atoms with E-state index in [0.717, 1.165) is 17.0 Å². The van der Waals surface area contributed by atoms with Crippen LogP contribution in [-0.4, -0.2) is 35.7 Å². The SMILES string of the molecule is COc1ccc(-c2noc(CCC(=O)NCC(Nc3ccccc3)C(C)C)n2)cc1. The molecule has 7 heteroatoms. The minimum Gasteiger partial charge on any atom is -0.497 e. The third kappa shape index (κ3) is 6.07. The van der Waals surface area contributed by atoms with Crippen LogP contribution in [-0.2, 0) is 11.2 Å². The smallest absolute Gasteiger partial charge is 0.227 e. The van der Waals surface area contributed by atoms with Gasteiger partial charge in [0.15, 0.2) is 0 Å². The largest absolute Gasteiger partial charge is 0.497 e. The molecular weight excluding hydrogens is 380 g/mol. The van der Waals surface area contributed by atoms with E-state index in [1.165, 1.54) is 0 Å². The zero-order valence-electron chi connectivity index (χ0n) is 17.6. The first-order valence-corrected chi connectivity index (χ1v) is 10.1. The van der Waals surface area contributed by atoms with E-state index < -0.39 is 0 Å². The number of para-hydroxylation sites is 1. The lowest BCUT2D eigenvalue weighted by atomic mass is 10.0. The number of ether oxygens (including phenoxy) is 1. The van der Waals surface area contributed by atoms with Crippen LogP contribution in [0.2, 0.25) is 0 Å². The molecule has 2 N–H and O–H groups in total. The Hall–Kier alpha value is -3.35. The first-order valence-electron chi connectivity index (χ1n) is 10.1. The summed E-state index contributed by atoms with van der Waals surface area (Å²) in [7, 11) is 1.62. The molecule has 1 unspecified atom stereocenters. The Morgan fingerprint density at radius 2 is 1.83 bits per heavy atom. The van der Waals surface area contributed by atoms with Gasteiger partial charge in [0.25, 0.3) is 0 Å². The van der Waals surface area contributed by atoms with Gasteiger partial charge in [-0.2, -0.15) is 4.98 Å². The maximum absolute atomic E-state index is 12.3. The second-order valence-electron chi connectivity index (χ2n) is 7.41. The van der Waals surface area contributed by atoms with E-state index in [0.29, 0.717) is 37.0 Å². The average Bonchev–Trinajstić information content (AvgIpc) is 3.25. The van der Waals surface area contributed by atoms with Crippen LogP contribution in [0.3, 0.4) is 0 Å². The third-order valence-electron chi connectivity index (χ3n) is 4.83. The number of benzene rings is 2. The molecule has 1 heterocycles. The van der Waals surface area contributed by atoms with Gasteiger partial charge in [-0.25, -0.2) is 0 Å². The van der Waals surface area contributed by atoms with Crippen molar-refractivity contribution in [2.45, 2.75) is 32.7 Å². The maximum atomic E-state index is 12.3. The molecule has 158 valence electrons.